The van der Waals surface area contributed by atoms with Crippen LogP contribution in [0.5, 0.6) is 0 Å². The lowest BCUT2D eigenvalue weighted by molar-refractivity contribution is -0.150. The molecule has 0 unspecified atom stereocenters. The molecule has 1 N–H and O–H groups in total. The number of hydrogen-bond acceptors (Lipinski definition) is 4. The Kier molecular flexibility index (Phi) is 5.97. The number of piperidine rings is 2. The van der Waals surface area contributed by atoms with Crippen LogP contribution in [-0.2, 0) is 20.7 Å². The molecule has 0 aliphatic carbocycles. The Hall–Kier alpha value is -1.92. The van der Waals surface area contributed by atoms with Crippen LogP contribution in [-0.4, -0.2) is 73.6 Å². The van der Waals surface area contributed by atoms with Gasteiger partial charge in [0.1, 0.15) is 6.10 Å². The molecule has 6 heteroatoms. The van der Waals surface area contributed by atoms with Gasteiger partial charge in [-0.2, -0.15) is 0 Å². The Labute approximate surface area is 167 Å². The van der Waals surface area contributed by atoms with Gasteiger partial charge in [-0.3, -0.25) is 9.59 Å². The van der Waals surface area contributed by atoms with E-state index in [-0.39, 0.29) is 23.3 Å². The monoisotopic (exact) mass is 385 g/mol. The largest absolute Gasteiger partial charge is 0.366 e. The van der Waals surface area contributed by atoms with Gasteiger partial charge in [0.25, 0.3) is 5.91 Å². The normalized spacial score (nSPS) is 25.1. The maximum atomic E-state index is 12.7. The first-order chi connectivity index (χ1) is 13.7. The average molecular weight is 386 g/mol. The quantitative estimate of drug-likeness (QED) is 0.852. The fourth-order valence-corrected chi connectivity index (χ4v) is 4.75. The van der Waals surface area contributed by atoms with E-state index in [0.29, 0.717) is 19.6 Å². The number of nitrogens with one attached hydrogen (secondary N) is 1. The van der Waals surface area contributed by atoms with E-state index in [9.17, 15) is 9.59 Å². The Bertz CT molecular complexity index is 680. The molecule has 3 aliphatic rings. The molecular formula is C22H31N3O3. The van der Waals surface area contributed by atoms with E-state index in [0.717, 1.165) is 58.4 Å². The van der Waals surface area contributed by atoms with Gasteiger partial charge < -0.3 is 19.9 Å². The van der Waals surface area contributed by atoms with Crippen LogP contribution in [0.15, 0.2) is 30.3 Å². The summed E-state index contributed by atoms with van der Waals surface area (Å²) in [5, 5.41) is 3.23. The summed E-state index contributed by atoms with van der Waals surface area (Å²) in [6.45, 7) is 5.21. The van der Waals surface area contributed by atoms with Crippen molar-refractivity contribution in [3.8, 4) is 0 Å². The standard InChI is InChI=1S/C22H31N3O3/c26-20-6-8-22(17-25(20)12-7-18-4-2-1-3-5-18)9-13-24(14-10-22)21(27)19-16-23-11-15-28-19/h1-5,19,23H,6-17H2/t19-/m1/s1. The van der Waals surface area contributed by atoms with E-state index in [2.05, 4.69) is 22.3 Å². The number of hydrogen-bond donors (Lipinski definition) is 1. The van der Waals surface area contributed by atoms with Gasteiger partial charge in [-0.25, -0.2) is 0 Å². The van der Waals surface area contributed by atoms with E-state index < -0.39 is 0 Å². The number of ether oxygens (including phenoxy) is 1. The molecule has 152 valence electrons. The van der Waals surface area contributed by atoms with Crippen molar-refractivity contribution in [1.29, 1.82) is 0 Å². The zero-order valence-electron chi connectivity index (χ0n) is 16.6. The molecule has 1 atom stereocenters. The molecule has 3 fully saturated rings. The number of nitrogens with zero attached hydrogens (tertiary/aromatic N) is 2. The molecule has 3 saturated heterocycles. The molecule has 0 saturated carbocycles. The van der Waals surface area contributed by atoms with Gasteiger partial charge in [0.05, 0.1) is 6.61 Å². The molecular weight excluding hydrogens is 354 g/mol. The zero-order valence-corrected chi connectivity index (χ0v) is 16.6. The lowest BCUT2D eigenvalue weighted by Gasteiger charge is -2.48. The zero-order chi connectivity index (χ0) is 19.4. The molecule has 0 aromatic heterocycles. The molecule has 2 amide bonds. The molecule has 1 aromatic rings. The molecule has 0 bridgehead atoms. The first-order valence-corrected chi connectivity index (χ1v) is 10.6. The van der Waals surface area contributed by atoms with Gasteiger partial charge in [0, 0.05) is 45.7 Å². The lowest BCUT2D eigenvalue weighted by atomic mass is 9.72. The first kappa shape index (κ1) is 19.4. The van der Waals surface area contributed by atoms with E-state index in [1.54, 1.807) is 0 Å². The van der Waals surface area contributed by atoms with Gasteiger partial charge in [0.15, 0.2) is 0 Å². The SMILES string of the molecule is O=C1CCC2(CCN(C(=O)[C@H]3CNCCO3)CC2)CN1CCc1ccccc1. The molecule has 3 aliphatic heterocycles. The molecule has 1 spiro atoms. The summed E-state index contributed by atoms with van der Waals surface area (Å²) in [5.74, 6) is 0.400. The van der Waals surface area contributed by atoms with E-state index in [4.69, 9.17) is 4.74 Å². The fraction of sp³-hybridized carbons (Fsp3) is 0.636. The summed E-state index contributed by atoms with van der Waals surface area (Å²) in [6, 6.07) is 10.4. The summed E-state index contributed by atoms with van der Waals surface area (Å²) < 4.78 is 5.63. The summed E-state index contributed by atoms with van der Waals surface area (Å²) >= 11 is 0. The van der Waals surface area contributed by atoms with Crippen molar-refractivity contribution in [3.05, 3.63) is 35.9 Å². The molecule has 3 heterocycles. The number of likely N-dealkylation sites (tertiary alicyclic amines) is 2. The minimum Gasteiger partial charge on any atom is -0.366 e. The first-order valence-electron chi connectivity index (χ1n) is 10.6. The van der Waals surface area contributed by atoms with Crippen LogP contribution >= 0.6 is 0 Å². The molecule has 4 rings (SSSR count). The third-order valence-electron chi connectivity index (χ3n) is 6.60. The van der Waals surface area contributed by atoms with Gasteiger partial charge >= 0.3 is 0 Å². The van der Waals surface area contributed by atoms with Gasteiger partial charge in [-0.1, -0.05) is 30.3 Å². The third kappa shape index (κ3) is 4.39. The predicted molar refractivity (Wildman–Crippen MR) is 107 cm³/mol. The van der Waals surface area contributed by atoms with Crippen molar-refractivity contribution in [1.82, 2.24) is 15.1 Å². The van der Waals surface area contributed by atoms with Crippen molar-refractivity contribution >= 4 is 11.8 Å². The number of carbonyl (C=O) groups is 2. The smallest absolute Gasteiger partial charge is 0.253 e. The molecule has 28 heavy (non-hydrogen) atoms. The van der Waals surface area contributed by atoms with Crippen LogP contribution in [0.25, 0.3) is 0 Å². The van der Waals surface area contributed by atoms with Crippen molar-refractivity contribution in [2.75, 3.05) is 45.9 Å². The number of amides is 2. The highest BCUT2D eigenvalue weighted by Crippen LogP contribution is 2.40. The van der Waals surface area contributed by atoms with E-state index in [1.807, 2.05) is 23.1 Å². The highest BCUT2D eigenvalue weighted by atomic mass is 16.5. The van der Waals surface area contributed by atoms with Gasteiger partial charge in [-0.05, 0) is 36.7 Å². The fourth-order valence-electron chi connectivity index (χ4n) is 4.75. The van der Waals surface area contributed by atoms with Crippen LogP contribution < -0.4 is 5.32 Å². The van der Waals surface area contributed by atoms with Crippen LogP contribution in [0.2, 0.25) is 0 Å². The van der Waals surface area contributed by atoms with Gasteiger partial charge in [0.2, 0.25) is 5.91 Å². The second-order valence-corrected chi connectivity index (χ2v) is 8.44. The van der Waals surface area contributed by atoms with E-state index in [1.165, 1.54) is 5.56 Å². The molecule has 0 radical (unpaired) electrons. The van der Waals surface area contributed by atoms with Crippen LogP contribution in [0.1, 0.15) is 31.2 Å². The second kappa shape index (κ2) is 8.62. The summed E-state index contributed by atoms with van der Waals surface area (Å²) in [7, 11) is 0. The van der Waals surface area contributed by atoms with Crippen molar-refractivity contribution in [3.63, 3.8) is 0 Å². The summed E-state index contributed by atoms with van der Waals surface area (Å²) in [5.41, 5.74) is 1.45. The van der Waals surface area contributed by atoms with Crippen molar-refractivity contribution in [2.45, 2.75) is 38.2 Å². The number of morpholine rings is 1. The maximum absolute atomic E-state index is 12.7. The maximum Gasteiger partial charge on any atom is 0.253 e. The predicted octanol–water partition coefficient (Wildman–Crippen LogP) is 1.45. The number of rotatable bonds is 4. The van der Waals surface area contributed by atoms with E-state index >= 15 is 0 Å². The number of benzene rings is 1. The van der Waals surface area contributed by atoms with Crippen LogP contribution in [0.4, 0.5) is 0 Å². The van der Waals surface area contributed by atoms with Gasteiger partial charge in [-0.15, -0.1) is 0 Å². The average Bonchev–Trinajstić information content (AvgIpc) is 2.76. The van der Waals surface area contributed by atoms with Crippen LogP contribution in [0.3, 0.4) is 0 Å². The summed E-state index contributed by atoms with van der Waals surface area (Å²) in [6.07, 6.45) is 4.12. The minimum atomic E-state index is -0.335. The lowest BCUT2D eigenvalue weighted by Crippen LogP contribution is -2.55. The Morgan fingerprint density at radius 1 is 1.18 bits per heavy atom. The van der Waals surface area contributed by atoms with Crippen molar-refractivity contribution in [2.24, 2.45) is 5.41 Å². The number of carbonyl (C=O) groups excluding carboxylic acids is 2. The summed E-state index contributed by atoms with van der Waals surface area (Å²) in [4.78, 5) is 29.2. The molecule has 1 aromatic carbocycles. The highest BCUT2D eigenvalue weighted by molar-refractivity contribution is 5.81. The highest BCUT2D eigenvalue weighted by Gasteiger charge is 2.42. The Balaban J connectivity index is 1.31. The third-order valence-corrected chi connectivity index (χ3v) is 6.60. The van der Waals surface area contributed by atoms with Crippen LogP contribution in [0, 0.1) is 5.41 Å². The minimum absolute atomic E-state index is 0.120. The van der Waals surface area contributed by atoms with Crippen molar-refractivity contribution < 1.29 is 14.3 Å². The Morgan fingerprint density at radius 2 is 1.96 bits per heavy atom. The molecule has 6 nitrogen and oxygen atoms in total. The topological polar surface area (TPSA) is 61.9 Å². The second-order valence-electron chi connectivity index (χ2n) is 8.44. The Morgan fingerprint density at radius 3 is 2.68 bits per heavy atom.